The van der Waals surface area contributed by atoms with E-state index in [9.17, 15) is 4.79 Å². The van der Waals surface area contributed by atoms with Gasteiger partial charge in [-0.3, -0.25) is 4.79 Å². The summed E-state index contributed by atoms with van der Waals surface area (Å²) in [4.78, 5) is 18.8. The largest absolute Gasteiger partial charge is 0.454 e. The Labute approximate surface area is 155 Å². The molecule has 2 aliphatic rings. The van der Waals surface area contributed by atoms with Crippen molar-refractivity contribution in [1.82, 2.24) is 10.1 Å². The van der Waals surface area contributed by atoms with Gasteiger partial charge in [0.15, 0.2) is 11.5 Å². The number of aromatic nitrogens is 2. The first-order chi connectivity index (χ1) is 13.2. The van der Waals surface area contributed by atoms with Crippen molar-refractivity contribution < 1.29 is 18.8 Å². The SMILES string of the molecule is Cc1cccc(-c2noc([C@@H]3CC(=O)N(c4ccc5c(c4)OCO5)C3)n2)c1. The third kappa shape index (κ3) is 2.81. The number of fused-ring (bicyclic) bond motifs is 1. The van der Waals surface area contributed by atoms with Gasteiger partial charge < -0.3 is 18.9 Å². The van der Waals surface area contributed by atoms with E-state index in [2.05, 4.69) is 10.1 Å². The quantitative estimate of drug-likeness (QED) is 0.711. The molecular formula is C20H17N3O4. The number of ether oxygens (including phenoxy) is 2. The Hall–Kier alpha value is -3.35. The highest BCUT2D eigenvalue weighted by atomic mass is 16.7. The lowest BCUT2D eigenvalue weighted by Gasteiger charge is -2.16. The first-order valence-electron chi connectivity index (χ1n) is 8.78. The van der Waals surface area contributed by atoms with E-state index in [1.807, 2.05) is 49.4 Å². The fourth-order valence-electron chi connectivity index (χ4n) is 3.48. The highest BCUT2D eigenvalue weighted by molar-refractivity contribution is 5.96. The van der Waals surface area contributed by atoms with Gasteiger partial charge in [0.25, 0.3) is 0 Å². The molecule has 3 heterocycles. The molecule has 1 atom stereocenters. The van der Waals surface area contributed by atoms with E-state index < -0.39 is 0 Å². The lowest BCUT2D eigenvalue weighted by Crippen LogP contribution is -2.24. The Morgan fingerprint density at radius 1 is 1.11 bits per heavy atom. The summed E-state index contributed by atoms with van der Waals surface area (Å²) >= 11 is 0. The molecule has 136 valence electrons. The maximum atomic E-state index is 12.5. The maximum absolute atomic E-state index is 12.5. The number of rotatable bonds is 3. The normalized spacial score (nSPS) is 18.3. The number of carbonyl (C=O) groups excluding carboxylic acids is 1. The molecule has 7 nitrogen and oxygen atoms in total. The molecule has 1 fully saturated rings. The summed E-state index contributed by atoms with van der Waals surface area (Å²) in [7, 11) is 0. The zero-order valence-electron chi connectivity index (χ0n) is 14.7. The molecule has 7 heteroatoms. The topological polar surface area (TPSA) is 77.7 Å². The van der Waals surface area contributed by atoms with Gasteiger partial charge in [0, 0.05) is 30.3 Å². The van der Waals surface area contributed by atoms with Crippen molar-refractivity contribution in [1.29, 1.82) is 0 Å². The van der Waals surface area contributed by atoms with Gasteiger partial charge >= 0.3 is 0 Å². The predicted octanol–water partition coefficient (Wildman–Crippen LogP) is 3.29. The van der Waals surface area contributed by atoms with E-state index in [0.29, 0.717) is 36.2 Å². The minimum absolute atomic E-state index is 0.0224. The van der Waals surface area contributed by atoms with Crippen LogP contribution in [0.15, 0.2) is 47.0 Å². The van der Waals surface area contributed by atoms with Gasteiger partial charge in [-0.1, -0.05) is 28.9 Å². The molecule has 0 aliphatic carbocycles. The Morgan fingerprint density at radius 2 is 2.00 bits per heavy atom. The minimum atomic E-state index is -0.131. The van der Waals surface area contributed by atoms with Crippen LogP contribution in [0.4, 0.5) is 5.69 Å². The van der Waals surface area contributed by atoms with E-state index in [1.54, 1.807) is 4.90 Å². The molecule has 0 unspecified atom stereocenters. The van der Waals surface area contributed by atoms with Gasteiger partial charge in [0.1, 0.15) is 0 Å². The van der Waals surface area contributed by atoms with Crippen LogP contribution >= 0.6 is 0 Å². The fourth-order valence-corrected chi connectivity index (χ4v) is 3.48. The molecule has 2 aromatic carbocycles. The average Bonchev–Trinajstić information content (AvgIpc) is 3.40. The Kier molecular flexibility index (Phi) is 3.60. The number of benzene rings is 2. The molecule has 0 bridgehead atoms. The summed E-state index contributed by atoms with van der Waals surface area (Å²) in [5, 5.41) is 4.09. The van der Waals surface area contributed by atoms with Crippen LogP contribution in [0.5, 0.6) is 11.5 Å². The van der Waals surface area contributed by atoms with Crippen molar-refractivity contribution in [3.05, 3.63) is 53.9 Å². The summed E-state index contributed by atoms with van der Waals surface area (Å²) in [6.07, 6.45) is 0.337. The second kappa shape index (κ2) is 6.12. The molecule has 1 amide bonds. The molecule has 1 saturated heterocycles. The van der Waals surface area contributed by atoms with Crippen LogP contribution in [0.3, 0.4) is 0 Å². The average molecular weight is 363 g/mol. The maximum Gasteiger partial charge on any atom is 0.232 e. The summed E-state index contributed by atoms with van der Waals surface area (Å²) in [5.41, 5.74) is 2.82. The third-order valence-corrected chi connectivity index (χ3v) is 4.86. The molecule has 0 radical (unpaired) electrons. The zero-order valence-corrected chi connectivity index (χ0v) is 14.7. The first kappa shape index (κ1) is 15.9. The smallest absolute Gasteiger partial charge is 0.232 e. The van der Waals surface area contributed by atoms with E-state index in [1.165, 1.54) is 0 Å². The molecule has 2 aliphatic heterocycles. The molecule has 5 rings (SSSR count). The standard InChI is InChI=1S/C20H17N3O4/c1-12-3-2-4-13(7-12)19-21-20(27-22-19)14-8-18(24)23(10-14)15-5-6-16-17(9-15)26-11-25-16/h2-7,9,14H,8,10-11H2,1H3/t14-/m1/s1. The number of hydrogen-bond acceptors (Lipinski definition) is 6. The van der Waals surface area contributed by atoms with E-state index >= 15 is 0 Å². The second-order valence-electron chi connectivity index (χ2n) is 6.77. The van der Waals surface area contributed by atoms with Crippen molar-refractivity contribution in [2.45, 2.75) is 19.3 Å². The predicted molar refractivity (Wildman–Crippen MR) is 96.7 cm³/mol. The number of anilines is 1. The summed E-state index contributed by atoms with van der Waals surface area (Å²) in [6, 6.07) is 13.4. The van der Waals surface area contributed by atoms with Crippen molar-refractivity contribution in [3.63, 3.8) is 0 Å². The Bertz CT molecular complexity index is 1030. The van der Waals surface area contributed by atoms with Gasteiger partial charge in [0.05, 0.1) is 5.92 Å². The number of carbonyl (C=O) groups is 1. The lowest BCUT2D eigenvalue weighted by molar-refractivity contribution is -0.117. The number of nitrogens with zero attached hydrogens (tertiary/aromatic N) is 3. The first-order valence-corrected chi connectivity index (χ1v) is 8.78. The fraction of sp³-hybridized carbons (Fsp3) is 0.250. The summed E-state index contributed by atoms with van der Waals surface area (Å²) in [6.45, 7) is 2.72. The Balaban J connectivity index is 1.38. The van der Waals surface area contributed by atoms with Crippen LogP contribution in [0, 0.1) is 6.92 Å². The van der Waals surface area contributed by atoms with E-state index in [4.69, 9.17) is 14.0 Å². The summed E-state index contributed by atoms with van der Waals surface area (Å²) in [5.74, 6) is 2.28. The summed E-state index contributed by atoms with van der Waals surface area (Å²) < 4.78 is 16.2. The van der Waals surface area contributed by atoms with E-state index in [0.717, 1.165) is 16.8 Å². The van der Waals surface area contributed by atoms with Crippen LogP contribution < -0.4 is 14.4 Å². The van der Waals surface area contributed by atoms with Crippen molar-refractivity contribution in [3.8, 4) is 22.9 Å². The van der Waals surface area contributed by atoms with Crippen LogP contribution in [-0.4, -0.2) is 29.4 Å². The Morgan fingerprint density at radius 3 is 2.89 bits per heavy atom. The van der Waals surface area contributed by atoms with Crippen molar-refractivity contribution in [2.75, 3.05) is 18.2 Å². The highest BCUT2D eigenvalue weighted by Gasteiger charge is 2.35. The highest BCUT2D eigenvalue weighted by Crippen LogP contribution is 2.38. The zero-order chi connectivity index (χ0) is 18.4. The molecule has 0 saturated carbocycles. The molecular weight excluding hydrogens is 346 g/mol. The van der Waals surface area contributed by atoms with Crippen LogP contribution in [0.2, 0.25) is 0 Å². The second-order valence-corrected chi connectivity index (χ2v) is 6.77. The van der Waals surface area contributed by atoms with Gasteiger partial charge in [0.2, 0.25) is 24.4 Å². The number of hydrogen-bond donors (Lipinski definition) is 0. The molecule has 3 aromatic rings. The lowest BCUT2D eigenvalue weighted by atomic mass is 10.1. The monoisotopic (exact) mass is 363 g/mol. The number of aryl methyl sites for hydroxylation is 1. The van der Waals surface area contributed by atoms with Gasteiger partial charge in [-0.25, -0.2) is 0 Å². The van der Waals surface area contributed by atoms with Crippen LogP contribution in [0.25, 0.3) is 11.4 Å². The van der Waals surface area contributed by atoms with Gasteiger partial charge in [-0.15, -0.1) is 0 Å². The molecule has 1 aromatic heterocycles. The van der Waals surface area contributed by atoms with Crippen LogP contribution in [0.1, 0.15) is 23.8 Å². The van der Waals surface area contributed by atoms with Crippen molar-refractivity contribution in [2.24, 2.45) is 0 Å². The third-order valence-electron chi connectivity index (χ3n) is 4.86. The molecule has 0 spiro atoms. The number of amides is 1. The van der Waals surface area contributed by atoms with Gasteiger partial charge in [-0.05, 0) is 25.1 Å². The van der Waals surface area contributed by atoms with Gasteiger partial charge in [-0.2, -0.15) is 4.98 Å². The van der Waals surface area contributed by atoms with Crippen molar-refractivity contribution >= 4 is 11.6 Å². The van der Waals surface area contributed by atoms with Crippen LogP contribution in [-0.2, 0) is 4.79 Å². The van der Waals surface area contributed by atoms with E-state index in [-0.39, 0.29) is 18.6 Å². The molecule has 27 heavy (non-hydrogen) atoms. The molecule has 0 N–H and O–H groups in total. The minimum Gasteiger partial charge on any atom is -0.454 e.